The number of aromatic nitrogens is 1. The van der Waals surface area contributed by atoms with Gasteiger partial charge < -0.3 is 0 Å². The minimum absolute atomic E-state index is 0.134. The standard InChI is InChI=1S/C13H16N2O/c16-13(11-1-5-14-6-2-11)12-9-10-3-7-15(12)8-4-10/h1-2,5-6,10,12H,3-4,7-9H2/t12-/m1/s1. The lowest BCUT2D eigenvalue weighted by Crippen LogP contribution is -2.52. The lowest BCUT2D eigenvalue weighted by molar-refractivity contribution is 0.0406. The fourth-order valence-corrected chi connectivity index (χ4v) is 2.95. The van der Waals surface area contributed by atoms with E-state index in [9.17, 15) is 4.79 Å². The Morgan fingerprint density at radius 2 is 1.94 bits per heavy atom. The van der Waals surface area contributed by atoms with Gasteiger partial charge in [0.2, 0.25) is 0 Å². The molecule has 3 nitrogen and oxygen atoms in total. The molecule has 1 aromatic heterocycles. The molecule has 3 fully saturated rings. The highest BCUT2D eigenvalue weighted by molar-refractivity contribution is 6.00. The van der Waals surface area contributed by atoms with Gasteiger partial charge in [0.15, 0.2) is 5.78 Å². The molecule has 2 bridgehead atoms. The molecule has 3 heteroatoms. The van der Waals surface area contributed by atoms with Crippen LogP contribution in [-0.2, 0) is 0 Å². The molecule has 4 heterocycles. The van der Waals surface area contributed by atoms with Crippen LogP contribution in [0.15, 0.2) is 24.5 Å². The van der Waals surface area contributed by atoms with Gasteiger partial charge >= 0.3 is 0 Å². The highest BCUT2D eigenvalue weighted by Crippen LogP contribution is 2.33. The van der Waals surface area contributed by atoms with Crippen LogP contribution in [-0.4, -0.2) is 34.8 Å². The maximum Gasteiger partial charge on any atom is 0.180 e. The summed E-state index contributed by atoms with van der Waals surface area (Å²) < 4.78 is 0. The molecule has 0 aromatic carbocycles. The Labute approximate surface area is 95.5 Å². The van der Waals surface area contributed by atoms with Gasteiger partial charge in [0.25, 0.3) is 0 Å². The second kappa shape index (κ2) is 3.98. The number of nitrogens with zero attached hydrogens (tertiary/aromatic N) is 2. The summed E-state index contributed by atoms with van der Waals surface area (Å²) in [6.07, 6.45) is 7.01. The molecule has 4 rings (SSSR count). The zero-order chi connectivity index (χ0) is 11.0. The Balaban J connectivity index is 1.81. The van der Waals surface area contributed by atoms with Crippen molar-refractivity contribution in [2.75, 3.05) is 13.1 Å². The Morgan fingerprint density at radius 3 is 2.50 bits per heavy atom. The zero-order valence-corrected chi connectivity index (χ0v) is 9.30. The molecule has 0 unspecified atom stereocenters. The molecule has 0 amide bonds. The third-order valence-corrected chi connectivity index (χ3v) is 3.91. The van der Waals surface area contributed by atoms with E-state index in [1.54, 1.807) is 12.4 Å². The van der Waals surface area contributed by atoms with Crippen molar-refractivity contribution in [2.24, 2.45) is 5.92 Å². The van der Waals surface area contributed by atoms with Gasteiger partial charge in [-0.15, -0.1) is 0 Å². The highest BCUT2D eigenvalue weighted by Gasteiger charge is 2.37. The van der Waals surface area contributed by atoms with E-state index >= 15 is 0 Å². The van der Waals surface area contributed by atoms with Crippen LogP contribution in [0.1, 0.15) is 29.6 Å². The van der Waals surface area contributed by atoms with Crippen molar-refractivity contribution in [3.05, 3.63) is 30.1 Å². The first-order valence-corrected chi connectivity index (χ1v) is 6.03. The Kier molecular flexibility index (Phi) is 2.48. The van der Waals surface area contributed by atoms with Gasteiger partial charge in [0.1, 0.15) is 0 Å². The van der Waals surface area contributed by atoms with E-state index in [-0.39, 0.29) is 11.8 Å². The molecule has 3 saturated heterocycles. The minimum Gasteiger partial charge on any atom is -0.293 e. The van der Waals surface area contributed by atoms with E-state index in [1.807, 2.05) is 12.1 Å². The van der Waals surface area contributed by atoms with E-state index in [0.29, 0.717) is 0 Å². The Hall–Kier alpha value is -1.22. The number of rotatable bonds is 2. The summed E-state index contributed by atoms with van der Waals surface area (Å²) in [5.74, 6) is 1.06. The van der Waals surface area contributed by atoms with E-state index in [0.717, 1.165) is 31.0 Å². The first-order chi connectivity index (χ1) is 7.84. The van der Waals surface area contributed by atoms with Crippen molar-refractivity contribution in [3.63, 3.8) is 0 Å². The molecule has 0 radical (unpaired) electrons. The topological polar surface area (TPSA) is 33.2 Å². The number of piperidine rings is 3. The van der Waals surface area contributed by atoms with E-state index in [2.05, 4.69) is 9.88 Å². The number of pyridine rings is 1. The lowest BCUT2D eigenvalue weighted by atomic mass is 9.81. The largest absolute Gasteiger partial charge is 0.293 e. The van der Waals surface area contributed by atoms with Crippen molar-refractivity contribution in [1.82, 2.24) is 9.88 Å². The monoisotopic (exact) mass is 216 g/mol. The lowest BCUT2D eigenvalue weighted by Gasteiger charge is -2.44. The first kappa shape index (κ1) is 9.97. The summed E-state index contributed by atoms with van der Waals surface area (Å²) in [6, 6.07) is 3.78. The fourth-order valence-electron chi connectivity index (χ4n) is 2.95. The van der Waals surface area contributed by atoms with Crippen molar-refractivity contribution in [3.8, 4) is 0 Å². The molecule has 1 aromatic rings. The third-order valence-electron chi connectivity index (χ3n) is 3.91. The van der Waals surface area contributed by atoms with E-state index < -0.39 is 0 Å². The zero-order valence-electron chi connectivity index (χ0n) is 9.30. The number of Topliss-reactive ketones (excluding diaryl/α,β-unsaturated/α-hetero) is 1. The van der Waals surface area contributed by atoms with Crippen molar-refractivity contribution in [2.45, 2.75) is 25.3 Å². The van der Waals surface area contributed by atoms with Gasteiger partial charge in [-0.1, -0.05) is 0 Å². The van der Waals surface area contributed by atoms with Crippen LogP contribution < -0.4 is 0 Å². The van der Waals surface area contributed by atoms with Gasteiger partial charge in [-0.3, -0.25) is 14.7 Å². The van der Waals surface area contributed by atoms with Crippen LogP contribution in [0.3, 0.4) is 0 Å². The Bertz CT molecular complexity index is 382. The van der Waals surface area contributed by atoms with Crippen LogP contribution in [0.2, 0.25) is 0 Å². The average molecular weight is 216 g/mol. The summed E-state index contributed by atoms with van der Waals surface area (Å²) in [5, 5.41) is 0. The Morgan fingerprint density at radius 1 is 1.25 bits per heavy atom. The predicted octanol–water partition coefficient (Wildman–Crippen LogP) is 1.75. The molecular formula is C13H16N2O. The maximum absolute atomic E-state index is 12.3. The molecule has 16 heavy (non-hydrogen) atoms. The third kappa shape index (κ3) is 1.65. The van der Waals surface area contributed by atoms with Crippen LogP contribution in [0.4, 0.5) is 0 Å². The summed E-state index contributed by atoms with van der Waals surface area (Å²) in [7, 11) is 0. The molecule has 1 atom stereocenters. The average Bonchev–Trinajstić information content (AvgIpc) is 2.40. The predicted molar refractivity (Wildman–Crippen MR) is 61.3 cm³/mol. The number of carbonyl (C=O) groups excluding carboxylic acids is 1. The SMILES string of the molecule is O=C(c1ccncc1)[C@H]1CC2CCN1CC2. The maximum atomic E-state index is 12.3. The summed E-state index contributed by atoms with van der Waals surface area (Å²) in [5.41, 5.74) is 0.813. The molecule has 84 valence electrons. The molecule has 0 aliphatic carbocycles. The molecular weight excluding hydrogens is 200 g/mol. The number of ketones is 1. The van der Waals surface area contributed by atoms with Crippen LogP contribution in [0.25, 0.3) is 0 Å². The molecule has 0 saturated carbocycles. The second-order valence-corrected chi connectivity index (χ2v) is 4.83. The molecule has 0 N–H and O–H groups in total. The van der Waals surface area contributed by atoms with Crippen LogP contribution >= 0.6 is 0 Å². The molecule has 0 spiro atoms. The van der Waals surface area contributed by atoms with E-state index in [1.165, 1.54) is 12.8 Å². The van der Waals surface area contributed by atoms with E-state index in [4.69, 9.17) is 0 Å². The van der Waals surface area contributed by atoms with Crippen LogP contribution in [0.5, 0.6) is 0 Å². The van der Waals surface area contributed by atoms with Crippen molar-refractivity contribution < 1.29 is 4.79 Å². The first-order valence-electron chi connectivity index (χ1n) is 6.03. The van der Waals surface area contributed by atoms with Gasteiger partial charge in [-0.2, -0.15) is 0 Å². The van der Waals surface area contributed by atoms with Gasteiger partial charge in [-0.05, 0) is 50.4 Å². The second-order valence-electron chi connectivity index (χ2n) is 4.83. The number of fused-ring (bicyclic) bond motifs is 3. The highest BCUT2D eigenvalue weighted by atomic mass is 16.1. The number of carbonyl (C=O) groups is 1. The van der Waals surface area contributed by atoms with Gasteiger partial charge in [-0.25, -0.2) is 0 Å². The summed E-state index contributed by atoms with van der Waals surface area (Å²) in [4.78, 5) is 18.6. The number of hydrogen-bond acceptors (Lipinski definition) is 3. The fraction of sp³-hybridized carbons (Fsp3) is 0.538. The van der Waals surface area contributed by atoms with Gasteiger partial charge in [0.05, 0.1) is 6.04 Å². The summed E-state index contributed by atoms with van der Waals surface area (Å²) in [6.45, 7) is 2.21. The quantitative estimate of drug-likeness (QED) is 0.706. The molecule has 3 aliphatic rings. The normalized spacial score (nSPS) is 32.6. The van der Waals surface area contributed by atoms with Gasteiger partial charge in [0, 0.05) is 18.0 Å². The molecule has 3 aliphatic heterocycles. The smallest absolute Gasteiger partial charge is 0.180 e. The van der Waals surface area contributed by atoms with Crippen molar-refractivity contribution in [1.29, 1.82) is 0 Å². The van der Waals surface area contributed by atoms with Crippen molar-refractivity contribution >= 4 is 5.78 Å². The van der Waals surface area contributed by atoms with Crippen LogP contribution in [0, 0.1) is 5.92 Å². The summed E-state index contributed by atoms with van der Waals surface area (Å²) >= 11 is 0. The minimum atomic E-state index is 0.134. The number of hydrogen-bond donors (Lipinski definition) is 0.